The summed E-state index contributed by atoms with van der Waals surface area (Å²) in [5.41, 5.74) is 6.24. The molecule has 0 fully saturated rings. The van der Waals surface area contributed by atoms with E-state index >= 15 is 0 Å². The molecular formula is C16H18FN3O3S. The van der Waals surface area contributed by atoms with Gasteiger partial charge in [-0.15, -0.1) is 11.3 Å². The van der Waals surface area contributed by atoms with Crippen molar-refractivity contribution < 1.29 is 18.7 Å². The van der Waals surface area contributed by atoms with Crippen molar-refractivity contribution >= 4 is 28.2 Å². The Morgan fingerprint density at radius 1 is 1.38 bits per heavy atom. The number of amides is 2. The molecule has 1 aromatic carbocycles. The van der Waals surface area contributed by atoms with E-state index in [4.69, 9.17) is 10.5 Å². The summed E-state index contributed by atoms with van der Waals surface area (Å²) in [6.07, 6.45) is 0. The second-order valence-electron chi connectivity index (χ2n) is 5.22. The topological polar surface area (TPSA) is 84.7 Å². The van der Waals surface area contributed by atoms with Crippen molar-refractivity contribution in [3.63, 3.8) is 0 Å². The number of anilines is 1. The van der Waals surface area contributed by atoms with Crippen LogP contribution in [0.2, 0.25) is 0 Å². The second-order valence-corrected chi connectivity index (χ2v) is 6.13. The maximum absolute atomic E-state index is 13.7. The first-order valence-corrected chi connectivity index (χ1v) is 7.96. The highest BCUT2D eigenvalue weighted by atomic mass is 32.1. The Bertz CT molecular complexity index is 748. The zero-order valence-corrected chi connectivity index (χ0v) is 14.2. The molecule has 0 bridgehead atoms. The van der Waals surface area contributed by atoms with E-state index in [2.05, 4.69) is 5.32 Å². The smallest absolute Gasteiger partial charge is 0.251 e. The Kier molecular flexibility index (Phi) is 5.88. The summed E-state index contributed by atoms with van der Waals surface area (Å²) in [6, 6.07) is 6.22. The van der Waals surface area contributed by atoms with E-state index in [1.165, 1.54) is 24.5 Å². The SMILES string of the molecule is COc1ccc(CN(C)CC(=O)Nc2sccc2C(N)=O)cc1F. The largest absolute Gasteiger partial charge is 0.494 e. The minimum atomic E-state index is -0.589. The van der Waals surface area contributed by atoms with Gasteiger partial charge < -0.3 is 15.8 Å². The van der Waals surface area contributed by atoms with E-state index < -0.39 is 11.7 Å². The van der Waals surface area contributed by atoms with Crippen molar-refractivity contribution in [1.29, 1.82) is 0 Å². The maximum atomic E-state index is 13.7. The number of likely N-dealkylation sites (N-methyl/N-ethyl adjacent to an activating group) is 1. The van der Waals surface area contributed by atoms with Gasteiger partial charge in [0, 0.05) is 6.54 Å². The van der Waals surface area contributed by atoms with Crippen LogP contribution in [0.3, 0.4) is 0 Å². The Hall–Kier alpha value is -2.45. The number of thiophene rings is 1. The lowest BCUT2D eigenvalue weighted by molar-refractivity contribution is -0.117. The third-order valence-corrected chi connectivity index (χ3v) is 4.10. The number of nitrogens with one attached hydrogen (secondary N) is 1. The van der Waals surface area contributed by atoms with Crippen LogP contribution in [0, 0.1) is 5.82 Å². The van der Waals surface area contributed by atoms with Crippen molar-refractivity contribution in [3.05, 3.63) is 46.6 Å². The van der Waals surface area contributed by atoms with Crippen molar-refractivity contribution in [1.82, 2.24) is 4.90 Å². The molecule has 0 aliphatic heterocycles. The molecule has 1 aromatic heterocycles. The Labute approximate surface area is 143 Å². The zero-order chi connectivity index (χ0) is 17.7. The van der Waals surface area contributed by atoms with Gasteiger partial charge in [-0.3, -0.25) is 14.5 Å². The molecule has 2 rings (SSSR count). The number of methoxy groups -OCH3 is 1. The van der Waals surface area contributed by atoms with E-state index in [9.17, 15) is 14.0 Å². The first-order chi connectivity index (χ1) is 11.4. The normalized spacial score (nSPS) is 10.7. The molecule has 24 heavy (non-hydrogen) atoms. The van der Waals surface area contributed by atoms with E-state index in [0.717, 1.165) is 5.56 Å². The van der Waals surface area contributed by atoms with Crippen molar-refractivity contribution in [2.75, 3.05) is 26.0 Å². The van der Waals surface area contributed by atoms with Gasteiger partial charge in [0.1, 0.15) is 5.00 Å². The van der Waals surface area contributed by atoms with Crippen LogP contribution in [0.5, 0.6) is 5.75 Å². The summed E-state index contributed by atoms with van der Waals surface area (Å²) in [5, 5.41) is 4.77. The Morgan fingerprint density at radius 3 is 2.75 bits per heavy atom. The number of hydrogen-bond acceptors (Lipinski definition) is 5. The fourth-order valence-corrected chi connectivity index (χ4v) is 3.00. The van der Waals surface area contributed by atoms with Crippen LogP contribution >= 0.6 is 11.3 Å². The number of nitrogens with zero attached hydrogens (tertiary/aromatic N) is 1. The summed E-state index contributed by atoms with van der Waals surface area (Å²) in [4.78, 5) is 25.0. The molecule has 0 saturated heterocycles. The first-order valence-electron chi connectivity index (χ1n) is 7.08. The van der Waals surface area contributed by atoms with Gasteiger partial charge in [-0.05, 0) is 36.2 Å². The average molecular weight is 351 g/mol. The number of halogens is 1. The molecule has 0 aliphatic rings. The van der Waals surface area contributed by atoms with Gasteiger partial charge in [0.15, 0.2) is 11.6 Å². The summed E-state index contributed by atoms with van der Waals surface area (Å²) in [5.74, 6) is -1.14. The average Bonchev–Trinajstić information content (AvgIpc) is 2.95. The number of hydrogen-bond donors (Lipinski definition) is 2. The van der Waals surface area contributed by atoms with Gasteiger partial charge in [0.2, 0.25) is 5.91 Å². The van der Waals surface area contributed by atoms with Gasteiger partial charge in [-0.2, -0.15) is 0 Å². The highest BCUT2D eigenvalue weighted by molar-refractivity contribution is 7.14. The van der Waals surface area contributed by atoms with Crippen LogP contribution in [0.1, 0.15) is 15.9 Å². The minimum Gasteiger partial charge on any atom is -0.494 e. The lowest BCUT2D eigenvalue weighted by Gasteiger charge is -2.16. The fourth-order valence-electron chi connectivity index (χ4n) is 2.19. The molecule has 0 aliphatic carbocycles. The number of rotatable bonds is 7. The number of carbonyl (C=O) groups excluding carboxylic acids is 2. The zero-order valence-electron chi connectivity index (χ0n) is 13.3. The van der Waals surface area contributed by atoms with Crippen LogP contribution in [0.15, 0.2) is 29.6 Å². The lowest BCUT2D eigenvalue weighted by atomic mass is 10.2. The molecule has 8 heteroatoms. The Morgan fingerprint density at radius 2 is 2.12 bits per heavy atom. The third-order valence-electron chi connectivity index (χ3n) is 3.27. The van der Waals surface area contributed by atoms with Gasteiger partial charge in [0.05, 0.1) is 19.2 Å². The number of primary amides is 1. The lowest BCUT2D eigenvalue weighted by Crippen LogP contribution is -2.30. The van der Waals surface area contributed by atoms with Crippen molar-refractivity contribution in [2.24, 2.45) is 5.73 Å². The van der Waals surface area contributed by atoms with Gasteiger partial charge in [-0.25, -0.2) is 4.39 Å². The molecule has 3 N–H and O–H groups in total. The van der Waals surface area contributed by atoms with Crippen LogP contribution in [0.4, 0.5) is 9.39 Å². The molecule has 1 heterocycles. The molecule has 2 amide bonds. The third kappa shape index (κ3) is 4.53. The Balaban J connectivity index is 1.93. The molecule has 0 saturated carbocycles. The number of benzene rings is 1. The van der Waals surface area contributed by atoms with Crippen LogP contribution < -0.4 is 15.8 Å². The number of ether oxygens (including phenoxy) is 1. The van der Waals surface area contributed by atoms with E-state index in [1.807, 2.05) is 0 Å². The summed E-state index contributed by atoms with van der Waals surface area (Å²) in [7, 11) is 3.14. The molecule has 0 atom stereocenters. The summed E-state index contributed by atoms with van der Waals surface area (Å²) in [6.45, 7) is 0.477. The molecule has 0 spiro atoms. The second kappa shape index (κ2) is 7.89. The first kappa shape index (κ1) is 17.9. The van der Waals surface area contributed by atoms with E-state index in [0.29, 0.717) is 11.5 Å². The fraction of sp³-hybridized carbons (Fsp3) is 0.250. The van der Waals surface area contributed by atoms with Gasteiger partial charge >= 0.3 is 0 Å². The highest BCUT2D eigenvalue weighted by Gasteiger charge is 2.14. The minimum absolute atomic E-state index is 0.0871. The van der Waals surface area contributed by atoms with Crippen LogP contribution in [0.25, 0.3) is 0 Å². The number of carbonyl (C=O) groups is 2. The van der Waals surface area contributed by atoms with Crippen LogP contribution in [-0.4, -0.2) is 37.4 Å². The van der Waals surface area contributed by atoms with Gasteiger partial charge in [-0.1, -0.05) is 6.07 Å². The standard InChI is InChI=1S/C16H18FN3O3S/c1-20(8-10-3-4-13(23-2)12(17)7-10)9-14(21)19-16-11(15(18)22)5-6-24-16/h3-7H,8-9H2,1-2H3,(H2,18,22)(H,19,21). The molecular weight excluding hydrogens is 333 g/mol. The molecule has 0 unspecified atom stereocenters. The monoisotopic (exact) mass is 351 g/mol. The predicted molar refractivity (Wildman–Crippen MR) is 90.8 cm³/mol. The summed E-state index contributed by atoms with van der Waals surface area (Å²) >= 11 is 1.23. The van der Waals surface area contributed by atoms with Gasteiger partial charge in [0.25, 0.3) is 5.91 Å². The highest BCUT2D eigenvalue weighted by Crippen LogP contribution is 2.22. The van der Waals surface area contributed by atoms with Crippen molar-refractivity contribution in [2.45, 2.75) is 6.54 Å². The molecule has 6 nitrogen and oxygen atoms in total. The molecule has 0 radical (unpaired) electrons. The maximum Gasteiger partial charge on any atom is 0.251 e. The molecule has 2 aromatic rings. The predicted octanol–water partition coefficient (Wildman–Crippen LogP) is 2.07. The molecule has 128 valence electrons. The summed E-state index contributed by atoms with van der Waals surface area (Å²) < 4.78 is 18.5. The van der Waals surface area contributed by atoms with E-state index in [-0.39, 0.29) is 23.8 Å². The quantitative estimate of drug-likeness (QED) is 0.800. The van der Waals surface area contributed by atoms with Crippen LogP contribution in [-0.2, 0) is 11.3 Å². The van der Waals surface area contributed by atoms with Crippen molar-refractivity contribution in [3.8, 4) is 5.75 Å². The van der Waals surface area contributed by atoms with E-state index in [1.54, 1.807) is 35.5 Å². The number of nitrogens with two attached hydrogens (primary N) is 1.